The van der Waals surface area contributed by atoms with Gasteiger partial charge in [0.25, 0.3) is 0 Å². The Balaban J connectivity index is 2.01. The summed E-state index contributed by atoms with van der Waals surface area (Å²) in [5.74, 6) is 0. The number of likely N-dealkylation sites (N-methyl/N-ethyl adjacent to an activating group) is 1. The molecule has 0 saturated carbocycles. The summed E-state index contributed by atoms with van der Waals surface area (Å²) in [5.41, 5.74) is 0. The van der Waals surface area contributed by atoms with Crippen molar-refractivity contribution in [3.63, 3.8) is 0 Å². The van der Waals surface area contributed by atoms with E-state index < -0.39 is 10.0 Å². The number of hydrogen-bond donors (Lipinski definition) is 1. The molecular formula is C11H15N3O2S2. The maximum Gasteiger partial charge on any atom is 0.250 e. The molecule has 1 aliphatic heterocycles. The molecule has 1 N–H and O–H groups in total. The number of hydrogen-bond acceptors (Lipinski definition) is 5. The van der Waals surface area contributed by atoms with Gasteiger partial charge in [-0.25, -0.2) is 13.1 Å². The van der Waals surface area contributed by atoms with Gasteiger partial charge in [-0.3, -0.25) is 0 Å². The topological polar surface area (TPSA) is 73.2 Å². The van der Waals surface area contributed by atoms with E-state index in [0.717, 1.165) is 30.7 Å². The van der Waals surface area contributed by atoms with E-state index >= 15 is 0 Å². The molecule has 0 spiro atoms. The monoisotopic (exact) mass is 285 g/mol. The van der Waals surface area contributed by atoms with Crippen LogP contribution < -0.4 is 4.72 Å². The van der Waals surface area contributed by atoms with Crippen LogP contribution in [-0.2, 0) is 10.0 Å². The first kappa shape index (κ1) is 13.5. The molecule has 1 saturated heterocycles. The van der Waals surface area contributed by atoms with Crippen LogP contribution in [0.15, 0.2) is 16.3 Å². The second-order valence-electron chi connectivity index (χ2n) is 4.36. The minimum Gasteiger partial charge on any atom is -0.302 e. The van der Waals surface area contributed by atoms with Crippen molar-refractivity contribution in [1.82, 2.24) is 9.62 Å². The Labute approximate surface area is 111 Å². The number of thiophene rings is 1. The summed E-state index contributed by atoms with van der Waals surface area (Å²) < 4.78 is 26.8. The molecule has 1 aromatic rings. The van der Waals surface area contributed by atoms with Crippen molar-refractivity contribution < 1.29 is 8.42 Å². The molecule has 0 aliphatic carbocycles. The molecule has 0 aromatic carbocycles. The number of sulfonamides is 1. The first-order valence-electron chi connectivity index (χ1n) is 5.73. The van der Waals surface area contributed by atoms with Gasteiger partial charge in [-0.05, 0) is 38.6 Å². The lowest BCUT2D eigenvalue weighted by atomic mass is 10.2. The van der Waals surface area contributed by atoms with Gasteiger partial charge in [0.15, 0.2) is 0 Å². The number of nitrogens with one attached hydrogen (secondary N) is 1. The highest BCUT2D eigenvalue weighted by Gasteiger charge is 2.24. The number of nitrogens with zero attached hydrogens (tertiary/aromatic N) is 2. The van der Waals surface area contributed by atoms with E-state index in [9.17, 15) is 8.42 Å². The van der Waals surface area contributed by atoms with Gasteiger partial charge >= 0.3 is 0 Å². The summed E-state index contributed by atoms with van der Waals surface area (Å²) in [6, 6.07) is 5.22. The molecule has 1 fully saturated rings. The Morgan fingerprint density at radius 2 is 2.39 bits per heavy atom. The second kappa shape index (κ2) is 5.36. The third-order valence-corrected chi connectivity index (χ3v) is 6.04. The van der Waals surface area contributed by atoms with E-state index in [4.69, 9.17) is 5.26 Å². The van der Waals surface area contributed by atoms with Gasteiger partial charge in [-0.1, -0.05) is 0 Å². The molecule has 1 atom stereocenters. The van der Waals surface area contributed by atoms with Crippen LogP contribution >= 0.6 is 11.3 Å². The summed E-state index contributed by atoms with van der Waals surface area (Å²) in [7, 11) is -1.46. The van der Waals surface area contributed by atoms with Crippen molar-refractivity contribution in [2.45, 2.75) is 23.1 Å². The minimum atomic E-state index is -3.47. The van der Waals surface area contributed by atoms with Crippen LogP contribution in [-0.4, -0.2) is 39.5 Å². The van der Waals surface area contributed by atoms with E-state index in [1.54, 1.807) is 0 Å². The van der Waals surface area contributed by atoms with E-state index in [-0.39, 0.29) is 10.3 Å². The molecule has 2 rings (SSSR count). The fraction of sp³-hybridized carbons (Fsp3) is 0.545. The fourth-order valence-electron chi connectivity index (χ4n) is 2.04. The van der Waals surface area contributed by atoms with Crippen molar-refractivity contribution in [2.24, 2.45) is 0 Å². The summed E-state index contributed by atoms with van der Waals surface area (Å²) in [5, 5.41) is 8.69. The summed E-state index contributed by atoms with van der Waals surface area (Å²) in [4.78, 5) is 2.57. The molecule has 0 bridgehead atoms. The lowest BCUT2D eigenvalue weighted by Gasteiger charge is -2.19. The Morgan fingerprint density at radius 3 is 2.94 bits per heavy atom. The van der Waals surface area contributed by atoms with Gasteiger partial charge in [0.05, 0.1) is 0 Å². The van der Waals surface area contributed by atoms with Crippen molar-refractivity contribution >= 4 is 21.4 Å². The average Bonchev–Trinajstić information content (AvgIpc) is 2.95. The zero-order valence-corrected chi connectivity index (χ0v) is 11.7. The number of nitriles is 1. The smallest absolute Gasteiger partial charge is 0.250 e. The van der Waals surface area contributed by atoms with E-state index in [2.05, 4.69) is 9.62 Å². The lowest BCUT2D eigenvalue weighted by Crippen LogP contribution is -2.37. The maximum absolute atomic E-state index is 12.0. The highest BCUT2D eigenvalue weighted by molar-refractivity contribution is 7.91. The van der Waals surface area contributed by atoms with E-state index in [1.165, 1.54) is 12.1 Å². The molecule has 7 heteroatoms. The maximum atomic E-state index is 12.0. The van der Waals surface area contributed by atoms with Crippen molar-refractivity contribution in [3.05, 3.63) is 17.0 Å². The molecule has 0 amide bonds. The first-order chi connectivity index (χ1) is 8.53. The zero-order chi connectivity index (χ0) is 13.2. The third-order valence-electron chi connectivity index (χ3n) is 3.14. The number of likely N-dealkylation sites (tertiary alicyclic amines) is 1. The van der Waals surface area contributed by atoms with Gasteiger partial charge in [-0.15, -0.1) is 11.3 Å². The largest absolute Gasteiger partial charge is 0.302 e. The predicted molar refractivity (Wildman–Crippen MR) is 69.9 cm³/mol. The quantitative estimate of drug-likeness (QED) is 0.895. The van der Waals surface area contributed by atoms with Crippen LogP contribution in [0.1, 0.15) is 17.7 Å². The number of rotatable bonds is 4. The van der Waals surface area contributed by atoms with Crippen LogP contribution in [0, 0.1) is 11.3 Å². The van der Waals surface area contributed by atoms with Gasteiger partial charge in [0.1, 0.15) is 15.2 Å². The van der Waals surface area contributed by atoms with Gasteiger partial charge < -0.3 is 4.90 Å². The summed E-state index contributed by atoms with van der Waals surface area (Å²) in [6.45, 7) is 1.45. The Morgan fingerprint density at radius 1 is 1.61 bits per heavy atom. The van der Waals surface area contributed by atoms with Crippen molar-refractivity contribution in [3.8, 4) is 6.07 Å². The van der Waals surface area contributed by atoms with Crippen LogP contribution in [0.4, 0.5) is 0 Å². The van der Waals surface area contributed by atoms with Crippen LogP contribution in [0.3, 0.4) is 0 Å². The molecule has 1 aliphatic rings. The zero-order valence-electron chi connectivity index (χ0n) is 10.1. The second-order valence-corrected chi connectivity index (χ2v) is 7.44. The Bertz CT molecular complexity index is 559. The van der Waals surface area contributed by atoms with E-state index in [1.807, 2.05) is 13.1 Å². The van der Waals surface area contributed by atoms with Crippen molar-refractivity contribution in [2.75, 3.05) is 20.1 Å². The highest BCUT2D eigenvalue weighted by Crippen LogP contribution is 2.21. The molecule has 0 radical (unpaired) electrons. The highest BCUT2D eigenvalue weighted by atomic mass is 32.2. The third kappa shape index (κ3) is 2.90. The molecule has 18 heavy (non-hydrogen) atoms. The molecule has 5 nitrogen and oxygen atoms in total. The van der Waals surface area contributed by atoms with Gasteiger partial charge in [0, 0.05) is 12.6 Å². The van der Waals surface area contributed by atoms with Crippen molar-refractivity contribution in [1.29, 1.82) is 5.26 Å². The molecule has 1 unspecified atom stereocenters. The summed E-state index contributed by atoms with van der Waals surface area (Å²) >= 11 is 0.998. The molecule has 98 valence electrons. The standard InChI is InChI=1S/C11H15N3O2S2/c1-14-6-2-3-9(14)8-13-18(15,16)11-5-4-10(7-12)17-11/h4-5,9,13H,2-3,6,8H2,1H3. The normalized spacial score (nSPS) is 21.0. The fourth-order valence-corrected chi connectivity index (χ4v) is 4.26. The van der Waals surface area contributed by atoms with Crippen LogP contribution in [0.2, 0.25) is 0 Å². The SMILES string of the molecule is CN1CCCC1CNS(=O)(=O)c1ccc(C#N)s1. The Kier molecular flexibility index (Phi) is 4.02. The molecular weight excluding hydrogens is 270 g/mol. The van der Waals surface area contributed by atoms with Gasteiger partial charge in [0.2, 0.25) is 10.0 Å². The van der Waals surface area contributed by atoms with Crippen LogP contribution in [0.5, 0.6) is 0 Å². The van der Waals surface area contributed by atoms with Crippen LogP contribution in [0.25, 0.3) is 0 Å². The molecule has 1 aromatic heterocycles. The van der Waals surface area contributed by atoms with E-state index in [0.29, 0.717) is 11.4 Å². The van der Waals surface area contributed by atoms with Gasteiger partial charge in [-0.2, -0.15) is 5.26 Å². The summed E-state index contributed by atoms with van der Waals surface area (Å²) in [6.07, 6.45) is 2.13. The average molecular weight is 285 g/mol. The lowest BCUT2D eigenvalue weighted by molar-refractivity contribution is 0.311. The molecule has 2 heterocycles. The minimum absolute atomic E-state index is 0.208. The Hall–Kier alpha value is -0.940. The first-order valence-corrected chi connectivity index (χ1v) is 8.03. The predicted octanol–water partition coefficient (Wildman–Crippen LogP) is 0.992.